The van der Waals surface area contributed by atoms with E-state index in [2.05, 4.69) is 36.6 Å². The van der Waals surface area contributed by atoms with E-state index in [9.17, 15) is 0 Å². The minimum Gasteiger partial charge on any atom is -0.319 e. The summed E-state index contributed by atoms with van der Waals surface area (Å²) in [5.74, 6) is 2.06. The molecule has 100 valence electrons. The Kier molecular flexibility index (Phi) is 2.68. The number of fused-ring (bicyclic) bond motifs is 2. The standard InChI is InChI=1S/C16H20N2S/c1-17-10-16(7-11-6-12(11)8-16)9-15-18-13-4-2-3-5-14(13)19-15/h2-5,11-12,17H,6-10H2,1H3. The zero-order valence-corrected chi connectivity index (χ0v) is 12.2. The van der Waals surface area contributed by atoms with Gasteiger partial charge in [-0.3, -0.25) is 0 Å². The maximum atomic E-state index is 4.83. The third-order valence-corrected chi connectivity index (χ3v) is 5.91. The molecular weight excluding hydrogens is 252 g/mol. The molecule has 2 atom stereocenters. The van der Waals surface area contributed by atoms with Gasteiger partial charge in [0, 0.05) is 13.0 Å². The molecule has 2 unspecified atom stereocenters. The molecule has 4 rings (SSSR count). The van der Waals surface area contributed by atoms with E-state index in [1.165, 1.54) is 40.9 Å². The third-order valence-electron chi connectivity index (χ3n) is 4.88. The molecule has 0 bridgehead atoms. The van der Waals surface area contributed by atoms with Crippen molar-refractivity contribution >= 4 is 21.6 Å². The molecule has 0 aliphatic heterocycles. The van der Waals surface area contributed by atoms with Gasteiger partial charge in [0.1, 0.15) is 0 Å². The molecule has 0 spiro atoms. The van der Waals surface area contributed by atoms with Crippen LogP contribution in [0.4, 0.5) is 0 Å². The number of hydrogen-bond acceptors (Lipinski definition) is 3. The van der Waals surface area contributed by atoms with E-state index in [-0.39, 0.29) is 0 Å². The van der Waals surface area contributed by atoms with Crippen LogP contribution in [0.2, 0.25) is 0 Å². The molecule has 1 aromatic heterocycles. The smallest absolute Gasteiger partial charge is 0.0944 e. The summed E-state index contributed by atoms with van der Waals surface area (Å²) in [4.78, 5) is 4.83. The van der Waals surface area contributed by atoms with Gasteiger partial charge in [0.15, 0.2) is 0 Å². The molecule has 0 amide bonds. The zero-order valence-electron chi connectivity index (χ0n) is 11.4. The predicted octanol–water partition coefficient (Wildman–Crippen LogP) is 3.47. The Morgan fingerprint density at radius 1 is 1.32 bits per heavy atom. The fourth-order valence-corrected chi connectivity index (χ4v) is 5.19. The maximum Gasteiger partial charge on any atom is 0.0944 e. The Labute approximate surface area is 118 Å². The molecule has 2 nitrogen and oxygen atoms in total. The number of hydrogen-bond donors (Lipinski definition) is 1. The highest BCUT2D eigenvalue weighted by molar-refractivity contribution is 7.18. The number of aromatic nitrogens is 1. The van der Waals surface area contributed by atoms with Crippen molar-refractivity contribution in [2.45, 2.75) is 25.7 Å². The lowest BCUT2D eigenvalue weighted by molar-refractivity contribution is 0.255. The van der Waals surface area contributed by atoms with Crippen molar-refractivity contribution in [3.8, 4) is 0 Å². The molecule has 2 fully saturated rings. The quantitative estimate of drug-likeness (QED) is 0.922. The summed E-state index contributed by atoms with van der Waals surface area (Å²) in [6, 6.07) is 8.51. The molecule has 3 heteroatoms. The maximum absolute atomic E-state index is 4.83. The number of benzene rings is 1. The van der Waals surface area contributed by atoms with E-state index in [0.29, 0.717) is 5.41 Å². The summed E-state index contributed by atoms with van der Waals surface area (Å²) in [6.07, 6.45) is 5.48. The van der Waals surface area contributed by atoms with Gasteiger partial charge in [-0.1, -0.05) is 12.1 Å². The van der Waals surface area contributed by atoms with Crippen molar-refractivity contribution < 1.29 is 0 Å². The summed E-state index contributed by atoms with van der Waals surface area (Å²) in [6.45, 7) is 1.15. The van der Waals surface area contributed by atoms with Gasteiger partial charge in [0.2, 0.25) is 0 Å². The van der Waals surface area contributed by atoms with Crippen LogP contribution in [-0.4, -0.2) is 18.6 Å². The number of nitrogens with one attached hydrogen (secondary N) is 1. The molecule has 2 aliphatic carbocycles. The van der Waals surface area contributed by atoms with E-state index >= 15 is 0 Å². The summed E-state index contributed by atoms with van der Waals surface area (Å²) in [7, 11) is 2.09. The molecule has 2 aliphatic rings. The van der Waals surface area contributed by atoms with Gasteiger partial charge >= 0.3 is 0 Å². The van der Waals surface area contributed by atoms with Crippen LogP contribution in [0, 0.1) is 17.3 Å². The SMILES string of the molecule is CNCC1(Cc2nc3ccccc3s2)CC2CC2C1. The minimum absolute atomic E-state index is 0.482. The molecular formula is C16H20N2S. The first-order valence-corrected chi connectivity index (χ1v) is 8.09. The van der Waals surface area contributed by atoms with Crippen molar-refractivity contribution in [2.75, 3.05) is 13.6 Å². The van der Waals surface area contributed by atoms with E-state index in [1.807, 2.05) is 11.3 Å². The second-order valence-corrected chi connectivity index (χ2v) is 7.56. The van der Waals surface area contributed by atoms with Crippen LogP contribution in [0.15, 0.2) is 24.3 Å². The lowest BCUT2D eigenvalue weighted by Crippen LogP contribution is -2.33. The average Bonchev–Trinajstić information content (AvgIpc) is 2.85. The molecule has 0 radical (unpaired) electrons. The highest BCUT2D eigenvalue weighted by Crippen LogP contribution is 2.60. The summed E-state index contributed by atoms with van der Waals surface area (Å²) in [5, 5.41) is 4.75. The fourth-order valence-electron chi connectivity index (χ4n) is 4.05. The molecule has 2 aromatic rings. The van der Waals surface area contributed by atoms with Crippen LogP contribution < -0.4 is 5.32 Å². The Morgan fingerprint density at radius 2 is 2.11 bits per heavy atom. The van der Waals surface area contributed by atoms with Gasteiger partial charge in [-0.25, -0.2) is 4.98 Å². The number of thiazole rings is 1. The number of rotatable bonds is 4. The summed E-state index contributed by atoms with van der Waals surface area (Å²) < 4.78 is 1.33. The Bertz CT molecular complexity index is 561. The topological polar surface area (TPSA) is 24.9 Å². The van der Waals surface area contributed by atoms with Gasteiger partial charge in [-0.2, -0.15) is 0 Å². The van der Waals surface area contributed by atoms with E-state index in [1.54, 1.807) is 0 Å². The monoisotopic (exact) mass is 272 g/mol. The first-order chi connectivity index (χ1) is 9.28. The molecule has 2 saturated carbocycles. The Morgan fingerprint density at radius 3 is 2.84 bits per heavy atom. The van der Waals surface area contributed by atoms with Crippen LogP contribution in [-0.2, 0) is 6.42 Å². The number of nitrogens with zero attached hydrogens (tertiary/aromatic N) is 1. The molecule has 1 aromatic carbocycles. The number of para-hydroxylation sites is 1. The Hall–Kier alpha value is -0.930. The van der Waals surface area contributed by atoms with Crippen LogP contribution in [0.25, 0.3) is 10.2 Å². The van der Waals surface area contributed by atoms with E-state index in [0.717, 1.165) is 18.4 Å². The summed E-state index contributed by atoms with van der Waals surface area (Å²) >= 11 is 1.89. The summed E-state index contributed by atoms with van der Waals surface area (Å²) in [5.41, 5.74) is 1.65. The van der Waals surface area contributed by atoms with Crippen LogP contribution >= 0.6 is 11.3 Å². The third kappa shape index (κ3) is 2.09. The van der Waals surface area contributed by atoms with Crippen LogP contribution in [0.3, 0.4) is 0 Å². The van der Waals surface area contributed by atoms with E-state index in [4.69, 9.17) is 4.98 Å². The zero-order chi connectivity index (χ0) is 12.9. The normalized spacial score (nSPS) is 32.7. The highest BCUT2D eigenvalue weighted by atomic mass is 32.1. The molecule has 0 saturated heterocycles. The van der Waals surface area contributed by atoms with Crippen molar-refractivity contribution in [1.29, 1.82) is 0 Å². The van der Waals surface area contributed by atoms with Crippen molar-refractivity contribution in [1.82, 2.24) is 10.3 Å². The van der Waals surface area contributed by atoms with Gasteiger partial charge in [0.25, 0.3) is 0 Å². The first-order valence-electron chi connectivity index (χ1n) is 7.27. The molecule has 1 N–H and O–H groups in total. The first kappa shape index (κ1) is 11.9. The molecule has 19 heavy (non-hydrogen) atoms. The lowest BCUT2D eigenvalue weighted by atomic mass is 9.80. The van der Waals surface area contributed by atoms with Crippen molar-refractivity contribution in [2.24, 2.45) is 17.3 Å². The lowest BCUT2D eigenvalue weighted by Gasteiger charge is -2.29. The van der Waals surface area contributed by atoms with Crippen molar-refractivity contribution in [3.63, 3.8) is 0 Å². The fraction of sp³-hybridized carbons (Fsp3) is 0.562. The minimum atomic E-state index is 0.482. The molecule has 1 heterocycles. The highest BCUT2D eigenvalue weighted by Gasteiger charge is 2.53. The van der Waals surface area contributed by atoms with Gasteiger partial charge < -0.3 is 5.32 Å². The van der Waals surface area contributed by atoms with Gasteiger partial charge in [-0.15, -0.1) is 11.3 Å². The van der Waals surface area contributed by atoms with Gasteiger partial charge in [-0.05, 0) is 55.7 Å². The largest absolute Gasteiger partial charge is 0.319 e. The average molecular weight is 272 g/mol. The van der Waals surface area contributed by atoms with Gasteiger partial charge in [0.05, 0.1) is 15.2 Å². The van der Waals surface area contributed by atoms with E-state index < -0.39 is 0 Å². The van der Waals surface area contributed by atoms with Crippen LogP contribution in [0.1, 0.15) is 24.3 Å². The Balaban J connectivity index is 1.61. The second-order valence-electron chi connectivity index (χ2n) is 6.45. The van der Waals surface area contributed by atoms with Crippen LogP contribution in [0.5, 0.6) is 0 Å². The predicted molar refractivity (Wildman–Crippen MR) is 80.5 cm³/mol. The van der Waals surface area contributed by atoms with Crippen molar-refractivity contribution in [3.05, 3.63) is 29.3 Å². The second kappa shape index (κ2) is 4.29.